The van der Waals surface area contributed by atoms with Crippen molar-refractivity contribution in [3.8, 4) is 0 Å². The monoisotopic (exact) mass is 276 g/mol. The van der Waals surface area contributed by atoms with E-state index < -0.39 is 0 Å². The summed E-state index contributed by atoms with van der Waals surface area (Å²) in [6.45, 7) is 2.41. The van der Waals surface area contributed by atoms with Crippen molar-refractivity contribution in [2.24, 2.45) is 0 Å². The highest BCUT2D eigenvalue weighted by Gasteiger charge is 2.04. The summed E-state index contributed by atoms with van der Waals surface area (Å²) in [5.41, 5.74) is 8.12. The molecule has 1 amide bonds. The molecule has 3 N–H and O–H groups in total. The first-order valence-electron chi connectivity index (χ1n) is 5.91. The summed E-state index contributed by atoms with van der Waals surface area (Å²) in [6.07, 6.45) is 0. The van der Waals surface area contributed by atoms with E-state index in [9.17, 15) is 4.79 Å². The van der Waals surface area contributed by atoms with Gasteiger partial charge >= 0.3 is 0 Å². The third kappa shape index (κ3) is 4.08. The predicted molar refractivity (Wildman–Crippen MR) is 78.2 cm³/mol. The van der Waals surface area contributed by atoms with Gasteiger partial charge in [0.2, 0.25) is 5.91 Å². The lowest BCUT2D eigenvalue weighted by atomic mass is 10.2. The van der Waals surface area contributed by atoms with Gasteiger partial charge in [-0.25, -0.2) is 0 Å². The molecule has 0 atom stereocenters. The smallest absolute Gasteiger partial charge is 0.250 e. The number of rotatable bonds is 5. The third-order valence-electron chi connectivity index (χ3n) is 2.62. The fourth-order valence-electron chi connectivity index (χ4n) is 1.55. The zero-order valence-corrected chi connectivity index (χ0v) is 11.5. The van der Waals surface area contributed by atoms with Crippen LogP contribution in [0.25, 0.3) is 0 Å². The summed E-state index contributed by atoms with van der Waals surface area (Å²) in [5.74, 6) is -0.181. The van der Waals surface area contributed by atoms with Crippen molar-refractivity contribution in [2.75, 3.05) is 17.7 Å². The van der Waals surface area contributed by atoms with E-state index in [0.29, 0.717) is 18.0 Å². The van der Waals surface area contributed by atoms with Crippen LogP contribution in [-0.2, 0) is 16.1 Å². The maximum atomic E-state index is 11.7. The van der Waals surface area contributed by atoms with Gasteiger partial charge in [0.25, 0.3) is 0 Å². The molecule has 1 aromatic heterocycles. The lowest BCUT2D eigenvalue weighted by molar-refractivity contribution is -0.120. The number of amides is 1. The average Bonchev–Trinajstić information content (AvgIpc) is 2.87. The zero-order chi connectivity index (χ0) is 13.7. The number of hydrogen-bond acceptors (Lipinski definition) is 4. The highest BCUT2D eigenvalue weighted by Crippen LogP contribution is 2.16. The molecule has 0 bridgehead atoms. The summed E-state index contributed by atoms with van der Waals surface area (Å²) < 4.78 is 5.33. The van der Waals surface area contributed by atoms with Gasteiger partial charge in [-0.1, -0.05) is 12.1 Å². The predicted octanol–water partition coefficient (Wildman–Crippen LogP) is 2.79. The van der Waals surface area contributed by atoms with Crippen LogP contribution in [0.15, 0.2) is 35.7 Å². The second-order valence-corrected chi connectivity index (χ2v) is 5.22. The number of hydrogen-bond donors (Lipinski definition) is 2. The normalized spacial score (nSPS) is 10.4. The van der Waals surface area contributed by atoms with Gasteiger partial charge < -0.3 is 15.8 Å². The molecule has 0 spiro atoms. The molecule has 0 unspecified atom stereocenters. The number of nitrogen functional groups attached to an aromatic ring is 1. The molecule has 0 aliphatic heterocycles. The van der Waals surface area contributed by atoms with Gasteiger partial charge in [-0.15, -0.1) is 11.3 Å². The fraction of sp³-hybridized carbons (Fsp3) is 0.214. The van der Waals surface area contributed by atoms with Crippen LogP contribution in [0, 0.1) is 6.92 Å². The Labute approximate surface area is 116 Å². The van der Waals surface area contributed by atoms with E-state index in [-0.39, 0.29) is 12.5 Å². The number of ether oxygens (including phenoxy) is 1. The lowest BCUT2D eigenvalue weighted by Crippen LogP contribution is -2.18. The summed E-state index contributed by atoms with van der Waals surface area (Å²) >= 11 is 1.61. The molecule has 0 saturated carbocycles. The number of carbonyl (C=O) groups is 1. The highest BCUT2D eigenvalue weighted by molar-refractivity contribution is 7.09. The summed E-state index contributed by atoms with van der Waals surface area (Å²) in [4.78, 5) is 12.8. The Balaban J connectivity index is 1.79. The number of benzene rings is 1. The van der Waals surface area contributed by atoms with Crippen molar-refractivity contribution in [3.63, 3.8) is 0 Å². The average molecular weight is 276 g/mol. The van der Waals surface area contributed by atoms with Crippen molar-refractivity contribution in [2.45, 2.75) is 13.5 Å². The first-order chi connectivity index (χ1) is 9.15. The molecule has 100 valence electrons. The SMILES string of the molecule is Cc1ccc(NC(=O)COCc2cccs2)cc1N. The zero-order valence-electron chi connectivity index (χ0n) is 10.7. The molecule has 0 radical (unpaired) electrons. The third-order valence-corrected chi connectivity index (χ3v) is 3.47. The number of aryl methyl sites for hydroxylation is 1. The molecule has 2 aromatic rings. The lowest BCUT2D eigenvalue weighted by Gasteiger charge is -2.07. The topological polar surface area (TPSA) is 64.3 Å². The second kappa shape index (κ2) is 6.36. The van der Waals surface area contributed by atoms with Crippen LogP contribution in [-0.4, -0.2) is 12.5 Å². The maximum Gasteiger partial charge on any atom is 0.250 e. The Kier molecular flexibility index (Phi) is 4.54. The molecule has 5 heteroatoms. The van der Waals surface area contributed by atoms with Crippen LogP contribution >= 0.6 is 11.3 Å². The van der Waals surface area contributed by atoms with Gasteiger partial charge in [0.05, 0.1) is 6.61 Å². The highest BCUT2D eigenvalue weighted by atomic mass is 32.1. The van der Waals surface area contributed by atoms with Gasteiger partial charge in [0.1, 0.15) is 6.61 Å². The van der Waals surface area contributed by atoms with Crippen molar-refractivity contribution < 1.29 is 9.53 Å². The van der Waals surface area contributed by atoms with E-state index in [4.69, 9.17) is 10.5 Å². The van der Waals surface area contributed by atoms with Crippen molar-refractivity contribution >= 4 is 28.6 Å². The van der Waals surface area contributed by atoms with Crippen molar-refractivity contribution in [1.82, 2.24) is 0 Å². The van der Waals surface area contributed by atoms with E-state index in [1.807, 2.05) is 36.6 Å². The molecular weight excluding hydrogens is 260 g/mol. The second-order valence-electron chi connectivity index (χ2n) is 4.19. The molecule has 0 fully saturated rings. The molecular formula is C14H16N2O2S. The largest absolute Gasteiger partial charge is 0.398 e. The minimum atomic E-state index is -0.181. The Hall–Kier alpha value is -1.85. The van der Waals surface area contributed by atoms with Crippen LogP contribution < -0.4 is 11.1 Å². The van der Waals surface area contributed by atoms with E-state index in [1.165, 1.54) is 0 Å². The molecule has 0 aliphatic carbocycles. The van der Waals surface area contributed by atoms with Gasteiger partial charge in [-0.2, -0.15) is 0 Å². The fourth-order valence-corrected chi connectivity index (χ4v) is 2.19. The van der Waals surface area contributed by atoms with Gasteiger partial charge in [-0.3, -0.25) is 4.79 Å². The molecule has 0 saturated heterocycles. The molecule has 19 heavy (non-hydrogen) atoms. The van der Waals surface area contributed by atoms with Crippen molar-refractivity contribution in [3.05, 3.63) is 46.2 Å². The molecule has 4 nitrogen and oxygen atoms in total. The van der Waals surface area contributed by atoms with Crippen LogP contribution in [0.5, 0.6) is 0 Å². The first-order valence-corrected chi connectivity index (χ1v) is 6.79. The molecule has 1 heterocycles. The minimum absolute atomic E-state index is 0.0334. The minimum Gasteiger partial charge on any atom is -0.398 e. The van der Waals surface area contributed by atoms with Crippen LogP contribution in [0.3, 0.4) is 0 Å². The summed E-state index contributed by atoms with van der Waals surface area (Å²) in [7, 11) is 0. The molecule has 2 rings (SSSR count). The Morgan fingerprint density at radius 2 is 2.26 bits per heavy atom. The number of nitrogens with two attached hydrogens (primary N) is 1. The van der Waals surface area contributed by atoms with Crippen LogP contribution in [0.2, 0.25) is 0 Å². The number of carbonyl (C=O) groups excluding carboxylic acids is 1. The van der Waals surface area contributed by atoms with Crippen LogP contribution in [0.4, 0.5) is 11.4 Å². The standard InChI is InChI=1S/C14H16N2O2S/c1-10-4-5-11(7-13(10)15)16-14(17)9-18-8-12-3-2-6-19-12/h2-7H,8-9,15H2,1H3,(H,16,17). The summed E-state index contributed by atoms with van der Waals surface area (Å²) in [6, 6.07) is 9.37. The molecule has 0 aliphatic rings. The maximum absolute atomic E-state index is 11.7. The van der Waals surface area contributed by atoms with Crippen LogP contribution in [0.1, 0.15) is 10.4 Å². The Morgan fingerprint density at radius 1 is 1.42 bits per heavy atom. The first kappa shape index (κ1) is 13.6. The Bertz CT molecular complexity index is 553. The van der Waals surface area contributed by atoms with Gasteiger partial charge in [0, 0.05) is 16.3 Å². The number of nitrogens with one attached hydrogen (secondary N) is 1. The van der Waals surface area contributed by atoms with Crippen molar-refractivity contribution in [1.29, 1.82) is 0 Å². The Morgan fingerprint density at radius 3 is 2.95 bits per heavy atom. The van der Waals surface area contributed by atoms with E-state index >= 15 is 0 Å². The van der Waals surface area contributed by atoms with Gasteiger partial charge in [0.15, 0.2) is 0 Å². The van der Waals surface area contributed by atoms with E-state index in [1.54, 1.807) is 17.4 Å². The molecule has 1 aromatic carbocycles. The quantitative estimate of drug-likeness (QED) is 0.825. The summed E-state index contributed by atoms with van der Waals surface area (Å²) in [5, 5.41) is 4.73. The van der Waals surface area contributed by atoms with E-state index in [0.717, 1.165) is 10.4 Å². The van der Waals surface area contributed by atoms with Gasteiger partial charge in [-0.05, 0) is 36.1 Å². The number of thiophene rings is 1. The number of anilines is 2. The van der Waals surface area contributed by atoms with E-state index in [2.05, 4.69) is 5.32 Å².